The Hall–Kier alpha value is -1.44. The van der Waals surface area contributed by atoms with Crippen molar-refractivity contribution in [3.8, 4) is 0 Å². The van der Waals surface area contributed by atoms with Crippen molar-refractivity contribution in [3.63, 3.8) is 0 Å². The van der Waals surface area contributed by atoms with Crippen LogP contribution >= 0.6 is 0 Å². The van der Waals surface area contributed by atoms with E-state index in [2.05, 4.69) is 0 Å². The number of carboxylic acid groups (broad SMARTS) is 1. The molecule has 1 aromatic rings. The third-order valence-electron chi connectivity index (χ3n) is 3.11. The summed E-state index contributed by atoms with van der Waals surface area (Å²) in [5, 5.41) is 8.69. The second-order valence-corrected chi connectivity index (χ2v) is 7.48. The molecule has 1 heterocycles. The summed E-state index contributed by atoms with van der Waals surface area (Å²) < 4.78 is 35.4. The summed E-state index contributed by atoms with van der Waals surface area (Å²) in [5.74, 6) is -1.87. The lowest BCUT2D eigenvalue weighted by molar-refractivity contribution is -0.136. The van der Waals surface area contributed by atoms with E-state index in [-0.39, 0.29) is 23.7 Å². The highest BCUT2D eigenvalue weighted by Crippen LogP contribution is 2.25. The van der Waals surface area contributed by atoms with E-state index in [4.69, 9.17) is 14.6 Å². The molecule has 1 atom stereocenters. The minimum atomic E-state index is -3.49. The van der Waals surface area contributed by atoms with E-state index in [0.29, 0.717) is 5.56 Å². The van der Waals surface area contributed by atoms with Crippen molar-refractivity contribution in [2.75, 3.05) is 12.4 Å². The summed E-state index contributed by atoms with van der Waals surface area (Å²) in [6.45, 7) is 3.71. The monoisotopic (exact) mass is 314 g/mol. The molecule has 21 heavy (non-hydrogen) atoms. The molecule has 0 aliphatic carbocycles. The van der Waals surface area contributed by atoms with Crippen molar-refractivity contribution in [1.82, 2.24) is 0 Å². The summed E-state index contributed by atoms with van der Waals surface area (Å²) in [6.07, 6.45) is -0.627. The van der Waals surface area contributed by atoms with Gasteiger partial charge in [0.15, 0.2) is 15.6 Å². The van der Waals surface area contributed by atoms with E-state index in [1.165, 1.54) is 24.3 Å². The quantitative estimate of drug-likeness (QED) is 0.879. The molecule has 0 spiro atoms. The van der Waals surface area contributed by atoms with E-state index in [1.807, 2.05) is 0 Å². The molecule has 0 amide bonds. The molecule has 1 aliphatic heterocycles. The Bertz CT molecular complexity index is 617. The first-order chi connectivity index (χ1) is 9.68. The second kappa shape index (κ2) is 5.75. The SMILES string of the molecule is CC1(C)OCC(CS(=O)(=O)c2ccc(CC(=O)O)cc2)O1. The van der Waals surface area contributed by atoms with Crippen LogP contribution in [-0.4, -0.2) is 43.7 Å². The van der Waals surface area contributed by atoms with Crippen LogP contribution in [0.15, 0.2) is 29.2 Å². The third kappa shape index (κ3) is 4.26. The van der Waals surface area contributed by atoms with Gasteiger partial charge in [-0.15, -0.1) is 0 Å². The Morgan fingerprint density at radius 1 is 1.33 bits per heavy atom. The van der Waals surface area contributed by atoms with Crippen LogP contribution in [0, 0.1) is 0 Å². The smallest absolute Gasteiger partial charge is 0.307 e. The highest BCUT2D eigenvalue weighted by atomic mass is 32.2. The number of carbonyl (C=O) groups is 1. The minimum absolute atomic E-state index is 0.131. The first kappa shape index (κ1) is 15.9. The zero-order chi connectivity index (χ0) is 15.7. The van der Waals surface area contributed by atoms with Crippen LogP contribution in [-0.2, 0) is 30.5 Å². The predicted octanol–water partition coefficient (Wildman–Crippen LogP) is 1.24. The minimum Gasteiger partial charge on any atom is -0.481 e. The van der Waals surface area contributed by atoms with Crippen molar-refractivity contribution in [1.29, 1.82) is 0 Å². The summed E-state index contributed by atoms with van der Waals surface area (Å²) >= 11 is 0. The molecule has 1 saturated heterocycles. The molecule has 116 valence electrons. The fraction of sp³-hybridized carbons (Fsp3) is 0.500. The predicted molar refractivity (Wildman–Crippen MR) is 74.7 cm³/mol. The van der Waals surface area contributed by atoms with Gasteiger partial charge in [0.1, 0.15) is 0 Å². The maximum atomic E-state index is 12.3. The number of hydrogen-bond acceptors (Lipinski definition) is 5. The van der Waals surface area contributed by atoms with Crippen LogP contribution in [0.25, 0.3) is 0 Å². The molecule has 1 unspecified atom stereocenters. The van der Waals surface area contributed by atoms with E-state index >= 15 is 0 Å². The zero-order valence-corrected chi connectivity index (χ0v) is 12.7. The maximum absolute atomic E-state index is 12.3. The van der Waals surface area contributed by atoms with Gasteiger partial charge >= 0.3 is 5.97 Å². The Morgan fingerprint density at radius 2 is 1.95 bits per heavy atom. The van der Waals surface area contributed by atoms with Gasteiger partial charge in [-0.05, 0) is 31.5 Å². The first-order valence-corrected chi connectivity index (χ1v) is 8.18. The van der Waals surface area contributed by atoms with Gasteiger partial charge in [0, 0.05) is 0 Å². The van der Waals surface area contributed by atoms with Gasteiger partial charge in [-0.2, -0.15) is 0 Å². The molecule has 0 radical (unpaired) electrons. The van der Waals surface area contributed by atoms with Gasteiger partial charge in [0.05, 0.1) is 29.8 Å². The fourth-order valence-corrected chi connectivity index (χ4v) is 3.57. The molecule has 7 heteroatoms. The summed E-state index contributed by atoms with van der Waals surface area (Å²) in [4.78, 5) is 10.8. The van der Waals surface area contributed by atoms with Crippen LogP contribution in [0.1, 0.15) is 19.4 Å². The lowest BCUT2D eigenvalue weighted by Crippen LogP contribution is -2.26. The molecule has 6 nitrogen and oxygen atoms in total. The molecule has 0 saturated carbocycles. The van der Waals surface area contributed by atoms with Crippen molar-refractivity contribution >= 4 is 15.8 Å². The average molecular weight is 314 g/mol. The average Bonchev–Trinajstić information content (AvgIpc) is 2.67. The maximum Gasteiger partial charge on any atom is 0.307 e. The Kier molecular flexibility index (Phi) is 4.36. The molecule has 1 aliphatic rings. The lowest BCUT2D eigenvalue weighted by Gasteiger charge is -2.17. The molecule has 0 bridgehead atoms. The van der Waals surface area contributed by atoms with Crippen molar-refractivity contribution in [2.45, 2.75) is 37.1 Å². The van der Waals surface area contributed by atoms with Crippen molar-refractivity contribution in [3.05, 3.63) is 29.8 Å². The van der Waals surface area contributed by atoms with Crippen LogP contribution < -0.4 is 0 Å². The first-order valence-electron chi connectivity index (χ1n) is 6.53. The largest absolute Gasteiger partial charge is 0.481 e. The molecular weight excluding hydrogens is 296 g/mol. The molecule has 2 rings (SSSR count). The van der Waals surface area contributed by atoms with Crippen LogP contribution in [0.3, 0.4) is 0 Å². The number of carboxylic acids is 1. The highest BCUT2D eigenvalue weighted by Gasteiger charge is 2.35. The zero-order valence-electron chi connectivity index (χ0n) is 11.9. The molecule has 0 aromatic heterocycles. The van der Waals surface area contributed by atoms with E-state index in [1.54, 1.807) is 13.8 Å². The van der Waals surface area contributed by atoms with Crippen LogP contribution in [0.5, 0.6) is 0 Å². The summed E-state index contributed by atoms with van der Waals surface area (Å²) in [6, 6.07) is 5.87. The third-order valence-corrected chi connectivity index (χ3v) is 4.91. The fourth-order valence-electron chi connectivity index (χ4n) is 2.18. The molecular formula is C14H18O6S. The van der Waals surface area contributed by atoms with Crippen LogP contribution in [0.2, 0.25) is 0 Å². The Morgan fingerprint density at radius 3 is 2.43 bits per heavy atom. The van der Waals surface area contributed by atoms with E-state index < -0.39 is 27.7 Å². The molecule has 1 fully saturated rings. The van der Waals surface area contributed by atoms with Gasteiger partial charge < -0.3 is 14.6 Å². The van der Waals surface area contributed by atoms with E-state index in [9.17, 15) is 13.2 Å². The van der Waals surface area contributed by atoms with Gasteiger partial charge in [0.25, 0.3) is 0 Å². The number of ether oxygens (including phenoxy) is 2. The second-order valence-electron chi connectivity index (χ2n) is 5.45. The van der Waals surface area contributed by atoms with E-state index in [0.717, 1.165) is 0 Å². The normalized spacial score (nSPS) is 21.3. The Balaban J connectivity index is 2.07. The number of aliphatic carboxylic acids is 1. The molecule has 1 N–H and O–H groups in total. The number of rotatable bonds is 5. The number of hydrogen-bond donors (Lipinski definition) is 1. The van der Waals surface area contributed by atoms with Gasteiger partial charge in [-0.3, -0.25) is 4.79 Å². The van der Waals surface area contributed by atoms with Gasteiger partial charge in [-0.1, -0.05) is 12.1 Å². The highest BCUT2D eigenvalue weighted by molar-refractivity contribution is 7.91. The summed E-state index contributed by atoms with van der Waals surface area (Å²) in [5.41, 5.74) is 0.558. The van der Waals surface area contributed by atoms with Crippen molar-refractivity contribution in [2.24, 2.45) is 0 Å². The lowest BCUT2D eigenvalue weighted by atomic mass is 10.2. The van der Waals surface area contributed by atoms with Crippen LogP contribution in [0.4, 0.5) is 0 Å². The topological polar surface area (TPSA) is 89.9 Å². The Labute approximate surface area is 123 Å². The van der Waals surface area contributed by atoms with Crippen molar-refractivity contribution < 1.29 is 27.8 Å². The number of sulfone groups is 1. The van der Waals surface area contributed by atoms with Gasteiger partial charge in [0.2, 0.25) is 0 Å². The van der Waals surface area contributed by atoms with Gasteiger partial charge in [-0.25, -0.2) is 8.42 Å². The summed E-state index contributed by atoms with van der Waals surface area (Å²) in [7, 11) is -3.49. The number of benzene rings is 1. The molecule has 1 aromatic carbocycles. The standard InChI is InChI=1S/C14H18O6S/c1-14(2)19-8-11(20-14)9-21(17,18)12-5-3-10(4-6-12)7-13(15)16/h3-6,11H,7-9H2,1-2H3,(H,15,16).